The van der Waals surface area contributed by atoms with E-state index >= 15 is 0 Å². The van der Waals surface area contributed by atoms with Gasteiger partial charge in [-0.1, -0.05) is 29.8 Å². The van der Waals surface area contributed by atoms with Gasteiger partial charge in [-0.05, 0) is 12.5 Å². The molecule has 1 unspecified atom stereocenters. The fraction of sp³-hybridized carbons (Fsp3) is 0.333. The summed E-state index contributed by atoms with van der Waals surface area (Å²) in [5, 5.41) is 0. The Labute approximate surface area is 134 Å². The molecule has 21 heavy (non-hydrogen) atoms. The summed E-state index contributed by atoms with van der Waals surface area (Å²) in [7, 11) is 0. The maximum atomic E-state index is 12.1. The number of H-pyrrole nitrogens is 1. The number of rotatable bonds is 2. The highest BCUT2D eigenvalue weighted by Gasteiger charge is 2.33. The number of nitrogens with zero attached hydrogens (tertiary/aromatic N) is 2. The van der Waals surface area contributed by atoms with Crippen molar-refractivity contribution >= 4 is 29.9 Å². The van der Waals surface area contributed by atoms with Gasteiger partial charge in [-0.2, -0.15) is 0 Å². The minimum Gasteiger partial charge on any atom is -0.348 e. The Hall–Kier alpha value is -1.52. The van der Waals surface area contributed by atoms with Crippen LogP contribution < -0.4 is 0 Å². The SMILES string of the molecule is Cc1ccc(C2c3nc[nH]c3CCN2C(=O)CCl)cc1.Cl. The number of benzene rings is 1. The van der Waals surface area contributed by atoms with E-state index in [1.807, 2.05) is 11.8 Å². The summed E-state index contributed by atoms with van der Waals surface area (Å²) in [5.74, 6) is -0.0480. The van der Waals surface area contributed by atoms with E-state index in [-0.39, 0.29) is 30.2 Å². The topological polar surface area (TPSA) is 49.0 Å². The summed E-state index contributed by atoms with van der Waals surface area (Å²) in [4.78, 5) is 21.5. The highest BCUT2D eigenvalue weighted by Crippen LogP contribution is 2.33. The molecule has 0 bridgehead atoms. The van der Waals surface area contributed by atoms with Gasteiger partial charge in [0.2, 0.25) is 5.91 Å². The molecule has 0 aliphatic carbocycles. The van der Waals surface area contributed by atoms with Crippen molar-refractivity contribution in [2.75, 3.05) is 12.4 Å². The zero-order valence-corrected chi connectivity index (χ0v) is 13.2. The lowest BCUT2D eigenvalue weighted by molar-refractivity contribution is -0.130. The van der Waals surface area contributed by atoms with Crippen LogP contribution in [0.1, 0.15) is 28.6 Å². The molecule has 1 aromatic heterocycles. The Kier molecular flexibility index (Phi) is 4.91. The zero-order chi connectivity index (χ0) is 14.1. The van der Waals surface area contributed by atoms with E-state index < -0.39 is 0 Å². The second-order valence-corrected chi connectivity index (χ2v) is 5.32. The number of hydrogen-bond donors (Lipinski definition) is 1. The third-order valence-electron chi connectivity index (χ3n) is 3.75. The number of aromatic nitrogens is 2. The number of carbonyl (C=O) groups excluding carboxylic acids is 1. The third kappa shape index (κ3) is 2.92. The quantitative estimate of drug-likeness (QED) is 0.863. The Balaban J connectivity index is 0.00000161. The maximum absolute atomic E-state index is 12.1. The molecule has 2 heterocycles. The van der Waals surface area contributed by atoms with Crippen LogP contribution in [0.5, 0.6) is 0 Å². The molecule has 1 aromatic carbocycles. The predicted molar refractivity (Wildman–Crippen MR) is 85.0 cm³/mol. The van der Waals surface area contributed by atoms with E-state index in [4.69, 9.17) is 11.6 Å². The van der Waals surface area contributed by atoms with Crippen LogP contribution in [0.15, 0.2) is 30.6 Å². The number of nitrogens with one attached hydrogen (secondary N) is 1. The van der Waals surface area contributed by atoms with Crippen molar-refractivity contribution in [3.05, 3.63) is 53.1 Å². The third-order valence-corrected chi connectivity index (χ3v) is 3.98. The smallest absolute Gasteiger partial charge is 0.238 e. The number of alkyl halides is 1. The molecular formula is C15H17Cl2N3O. The van der Waals surface area contributed by atoms with E-state index in [0.29, 0.717) is 6.54 Å². The lowest BCUT2D eigenvalue weighted by Crippen LogP contribution is -2.41. The molecule has 112 valence electrons. The second kappa shape index (κ2) is 6.50. The zero-order valence-electron chi connectivity index (χ0n) is 11.7. The Bertz CT molecular complexity index is 624. The maximum Gasteiger partial charge on any atom is 0.238 e. The van der Waals surface area contributed by atoms with Gasteiger partial charge in [0.25, 0.3) is 0 Å². The van der Waals surface area contributed by atoms with Crippen molar-refractivity contribution in [3.8, 4) is 0 Å². The lowest BCUT2D eigenvalue weighted by Gasteiger charge is -2.35. The highest BCUT2D eigenvalue weighted by molar-refractivity contribution is 6.27. The molecule has 1 aliphatic heterocycles. The molecular weight excluding hydrogens is 309 g/mol. The van der Waals surface area contributed by atoms with Crippen molar-refractivity contribution in [2.24, 2.45) is 0 Å². The summed E-state index contributed by atoms with van der Waals surface area (Å²) < 4.78 is 0. The molecule has 0 spiro atoms. The van der Waals surface area contributed by atoms with Gasteiger partial charge in [0.15, 0.2) is 0 Å². The summed E-state index contributed by atoms with van der Waals surface area (Å²) in [5.41, 5.74) is 4.30. The first-order valence-electron chi connectivity index (χ1n) is 6.65. The first-order chi connectivity index (χ1) is 9.70. The van der Waals surface area contributed by atoms with Gasteiger partial charge in [0, 0.05) is 18.7 Å². The molecule has 0 saturated heterocycles. The van der Waals surface area contributed by atoms with Crippen LogP contribution in [0.4, 0.5) is 0 Å². The molecule has 0 saturated carbocycles. The van der Waals surface area contributed by atoms with Crippen molar-refractivity contribution in [3.63, 3.8) is 0 Å². The predicted octanol–water partition coefficient (Wildman–Crippen LogP) is 2.85. The van der Waals surface area contributed by atoms with Gasteiger partial charge in [-0.15, -0.1) is 24.0 Å². The van der Waals surface area contributed by atoms with Gasteiger partial charge in [0.05, 0.1) is 12.0 Å². The molecule has 1 atom stereocenters. The van der Waals surface area contributed by atoms with Crippen LogP contribution in [0.2, 0.25) is 0 Å². The monoisotopic (exact) mass is 325 g/mol. The molecule has 4 nitrogen and oxygen atoms in total. The first-order valence-corrected chi connectivity index (χ1v) is 7.18. The summed E-state index contributed by atoms with van der Waals surface area (Å²) in [6.07, 6.45) is 2.49. The average Bonchev–Trinajstić information content (AvgIpc) is 2.95. The Morgan fingerprint density at radius 3 is 2.81 bits per heavy atom. The van der Waals surface area contributed by atoms with Crippen LogP contribution >= 0.6 is 24.0 Å². The lowest BCUT2D eigenvalue weighted by atomic mass is 9.95. The Morgan fingerprint density at radius 1 is 1.43 bits per heavy atom. The minimum absolute atomic E-state index is 0. The van der Waals surface area contributed by atoms with E-state index in [1.165, 1.54) is 5.56 Å². The molecule has 6 heteroatoms. The number of amides is 1. The van der Waals surface area contributed by atoms with Crippen LogP contribution in [0.25, 0.3) is 0 Å². The van der Waals surface area contributed by atoms with Gasteiger partial charge in [-0.25, -0.2) is 4.98 Å². The molecule has 1 N–H and O–H groups in total. The molecule has 2 aromatic rings. The van der Waals surface area contributed by atoms with Crippen LogP contribution in [0.3, 0.4) is 0 Å². The van der Waals surface area contributed by atoms with E-state index in [9.17, 15) is 4.79 Å². The van der Waals surface area contributed by atoms with E-state index in [2.05, 4.69) is 34.2 Å². The molecule has 0 radical (unpaired) electrons. The second-order valence-electron chi connectivity index (χ2n) is 5.05. The number of aryl methyl sites for hydroxylation is 1. The van der Waals surface area contributed by atoms with Gasteiger partial charge in [-0.3, -0.25) is 4.79 Å². The van der Waals surface area contributed by atoms with E-state index in [1.54, 1.807) is 6.33 Å². The van der Waals surface area contributed by atoms with Crippen LogP contribution in [-0.4, -0.2) is 33.2 Å². The summed E-state index contributed by atoms with van der Waals surface area (Å²) in [6.45, 7) is 2.71. The van der Waals surface area contributed by atoms with Gasteiger partial charge in [0.1, 0.15) is 11.9 Å². The number of hydrogen-bond acceptors (Lipinski definition) is 2. The molecule has 0 fully saturated rings. The molecule has 1 aliphatic rings. The Morgan fingerprint density at radius 2 is 2.14 bits per heavy atom. The fourth-order valence-corrected chi connectivity index (χ4v) is 2.86. The largest absolute Gasteiger partial charge is 0.348 e. The number of imidazole rings is 1. The summed E-state index contributed by atoms with van der Waals surface area (Å²) >= 11 is 5.74. The number of aromatic amines is 1. The van der Waals surface area contributed by atoms with Crippen molar-refractivity contribution < 1.29 is 4.79 Å². The minimum atomic E-state index is -0.142. The number of fused-ring (bicyclic) bond motifs is 1. The molecule has 3 rings (SSSR count). The van der Waals surface area contributed by atoms with E-state index in [0.717, 1.165) is 23.4 Å². The van der Waals surface area contributed by atoms with Crippen LogP contribution in [0, 0.1) is 6.92 Å². The highest BCUT2D eigenvalue weighted by atomic mass is 35.5. The number of halogens is 2. The number of carbonyl (C=O) groups is 1. The van der Waals surface area contributed by atoms with Crippen molar-refractivity contribution in [1.82, 2.24) is 14.9 Å². The fourth-order valence-electron chi connectivity index (χ4n) is 2.71. The normalized spacial score (nSPS) is 17.0. The van der Waals surface area contributed by atoms with Crippen molar-refractivity contribution in [2.45, 2.75) is 19.4 Å². The van der Waals surface area contributed by atoms with Gasteiger partial charge >= 0.3 is 0 Å². The standard InChI is InChI=1S/C15H16ClN3O.ClH/c1-10-2-4-11(5-3-10)15-14-12(17-9-18-14)6-7-19(15)13(20)8-16;/h2-5,9,15H,6-8H2,1H3,(H,17,18);1H. The van der Waals surface area contributed by atoms with Crippen LogP contribution in [-0.2, 0) is 11.2 Å². The summed E-state index contributed by atoms with van der Waals surface area (Å²) in [6, 6.07) is 8.08. The van der Waals surface area contributed by atoms with Gasteiger partial charge < -0.3 is 9.88 Å². The molecule has 1 amide bonds. The van der Waals surface area contributed by atoms with Crippen molar-refractivity contribution in [1.29, 1.82) is 0 Å². The average molecular weight is 326 g/mol. The first kappa shape index (κ1) is 15.9.